The van der Waals surface area contributed by atoms with Crippen molar-refractivity contribution in [3.63, 3.8) is 0 Å². The molecule has 0 aliphatic carbocycles. The van der Waals surface area contributed by atoms with Crippen LogP contribution < -0.4 is 5.14 Å². The number of nitrogens with two attached hydrogens (primary N) is 1. The fraction of sp³-hybridized carbons (Fsp3) is 0.400. The van der Waals surface area contributed by atoms with Gasteiger partial charge in [-0.05, 0) is 15.9 Å². The van der Waals surface area contributed by atoms with E-state index in [1.54, 1.807) is 7.05 Å². The second-order valence-electron chi connectivity index (χ2n) is 2.39. The third kappa shape index (κ3) is 2.29. The van der Waals surface area contributed by atoms with E-state index in [4.69, 9.17) is 5.14 Å². The molecule has 1 aromatic rings. The Morgan fingerprint density at radius 2 is 2.33 bits per heavy atom. The lowest BCUT2D eigenvalue weighted by Gasteiger charge is -1.95. The maximum absolute atomic E-state index is 10.7. The van der Waals surface area contributed by atoms with Gasteiger partial charge in [0.2, 0.25) is 10.0 Å². The summed E-state index contributed by atoms with van der Waals surface area (Å²) in [4.78, 5) is 0. The molecule has 12 heavy (non-hydrogen) atoms. The first-order valence-electron chi connectivity index (χ1n) is 3.07. The first-order valence-corrected chi connectivity index (χ1v) is 5.58. The molecule has 2 N–H and O–H groups in total. The second kappa shape index (κ2) is 3.15. The molecule has 1 rings (SSSR count). The summed E-state index contributed by atoms with van der Waals surface area (Å²) in [5, 5.41) is 8.71. The van der Waals surface area contributed by atoms with E-state index in [1.165, 1.54) is 10.9 Å². The molecule has 7 heteroatoms. The van der Waals surface area contributed by atoms with Crippen LogP contribution in [-0.4, -0.2) is 18.2 Å². The molecule has 0 saturated carbocycles. The van der Waals surface area contributed by atoms with Crippen LogP contribution in [0.5, 0.6) is 0 Å². The first-order chi connectivity index (χ1) is 5.40. The molecule has 0 saturated heterocycles. The Kier molecular flexibility index (Phi) is 2.55. The Hall–Kier alpha value is -0.400. The van der Waals surface area contributed by atoms with Gasteiger partial charge in [-0.2, -0.15) is 5.10 Å². The van der Waals surface area contributed by atoms with Crippen molar-refractivity contribution < 1.29 is 8.42 Å². The number of halogens is 1. The summed E-state index contributed by atoms with van der Waals surface area (Å²) in [5.74, 6) is -0.193. The van der Waals surface area contributed by atoms with Gasteiger partial charge < -0.3 is 0 Å². The van der Waals surface area contributed by atoms with E-state index in [1.807, 2.05) is 0 Å². The van der Waals surface area contributed by atoms with Crippen LogP contribution in [-0.2, 0) is 22.8 Å². The topological polar surface area (TPSA) is 78.0 Å². The SMILES string of the molecule is Cn1ncc(CS(N)(=O)=O)c1Br. The van der Waals surface area contributed by atoms with Gasteiger partial charge >= 0.3 is 0 Å². The van der Waals surface area contributed by atoms with Gasteiger partial charge in [-0.1, -0.05) is 0 Å². The number of hydrogen-bond acceptors (Lipinski definition) is 3. The predicted molar refractivity (Wildman–Crippen MR) is 47.7 cm³/mol. The molecule has 0 aromatic carbocycles. The van der Waals surface area contributed by atoms with Crippen molar-refractivity contribution in [2.75, 3.05) is 0 Å². The van der Waals surface area contributed by atoms with Crippen molar-refractivity contribution in [2.24, 2.45) is 12.2 Å². The molecule has 0 bridgehead atoms. The summed E-state index contributed by atoms with van der Waals surface area (Å²) in [6.45, 7) is 0. The van der Waals surface area contributed by atoms with Crippen molar-refractivity contribution in [3.8, 4) is 0 Å². The molecule has 0 amide bonds. The van der Waals surface area contributed by atoms with E-state index in [-0.39, 0.29) is 5.75 Å². The number of hydrogen-bond donors (Lipinski definition) is 1. The van der Waals surface area contributed by atoms with E-state index >= 15 is 0 Å². The highest BCUT2D eigenvalue weighted by molar-refractivity contribution is 9.10. The van der Waals surface area contributed by atoms with Gasteiger partial charge in [-0.15, -0.1) is 0 Å². The second-order valence-corrected chi connectivity index (χ2v) is 4.76. The molecule has 1 heterocycles. The Morgan fingerprint density at radius 3 is 2.67 bits per heavy atom. The maximum atomic E-state index is 10.7. The van der Waals surface area contributed by atoms with E-state index in [2.05, 4.69) is 21.0 Å². The number of primary sulfonamides is 1. The summed E-state index contributed by atoms with van der Waals surface area (Å²) in [6.07, 6.45) is 1.47. The highest BCUT2D eigenvalue weighted by atomic mass is 79.9. The molecule has 0 aliphatic rings. The molecule has 68 valence electrons. The summed E-state index contributed by atoms with van der Waals surface area (Å²) < 4.78 is 23.5. The number of aryl methyl sites for hydroxylation is 1. The van der Waals surface area contributed by atoms with Gasteiger partial charge in [0.1, 0.15) is 4.60 Å². The smallest absolute Gasteiger partial charge is 0.213 e. The van der Waals surface area contributed by atoms with Crippen molar-refractivity contribution in [2.45, 2.75) is 5.75 Å². The summed E-state index contributed by atoms with van der Waals surface area (Å²) >= 11 is 3.18. The zero-order chi connectivity index (χ0) is 9.35. The lowest BCUT2D eigenvalue weighted by Crippen LogP contribution is -2.14. The van der Waals surface area contributed by atoms with Gasteiger partial charge in [-0.3, -0.25) is 4.68 Å². The van der Waals surface area contributed by atoms with Gasteiger partial charge in [0.25, 0.3) is 0 Å². The summed E-state index contributed by atoms with van der Waals surface area (Å²) in [5.41, 5.74) is 0.569. The van der Waals surface area contributed by atoms with E-state index in [9.17, 15) is 8.42 Å². The molecule has 1 aromatic heterocycles. The largest absolute Gasteiger partial charge is 0.261 e. The minimum absolute atomic E-state index is 0.193. The Bertz CT molecular complexity index is 383. The zero-order valence-electron chi connectivity index (χ0n) is 6.36. The molecular formula is C5H8BrN3O2S. The number of aromatic nitrogens is 2. The lowest BCUT2D eigenvalue weighted by atomic mass is 10.4. The lowest BCUT2D eigenvalue weighted by molar-refractivity contribution is 0.597. The minimum Gasteiger partial charge on any atom is -0.261 e. The van der Waals surface area contributed by atoms with Crippen LogP contribution in [0.1, 0.15) is 5.56 Å². The van der Waals surface area contributed by atoms with Gasteiger partial charge in [0.05, 0.1) is 11.9 Å². The molecule has 0 spiro atoms. The van der Waals surface area contributed by atoms with Crippen molar-refractivity contribution in [1.29, 1.82) is 0 Å². The molecule has 0 fully saturated rings. The van der Waals surface area contributed by atoms with Crippen LogP contribution >= 0.6 is 15.9 Å². The van der Waals surface area contributed by atoms with Gasteiger partial charge in [-0.25, -0.2) is 13.6 Å². The van der Waals surface area contributed by atoms with Crippen LogP contribution in [0.4, 0.5) is 0 Å². The minimum atomic E-state index is -3.47. The molecule has 0 radical (unpaired) electrons. The van der Waals surface area contributed by atoms with Crippen molar-refractivity contribution in [1.82, 2.24) is 9.78 Å². The molecule has 0 unspecified atom stereocenters. The van der Waals surface area contributed by atoms with Crippen LogP contribution in [0.3, 0.4) is 0 Å². The fourth-order valence-electron chi connectivity index (χ4n) is 0.782. The van der Waals surface area contributed by atoms with E-state index in [0.717, 1.165) is 0 Å². The Labute approximate surface area is 78.7 Å². The van der Waals surface area contributed by atoms with Crippen LogP contribution in [0, 0.1) is 0 Å². The van der Waals surface area contributed by atoms with Crippen LogP contribution in [0.25, 0.3) is 0 Å². The molecular weight excluding hydrogens is 246 g/mol. The third-order valence-electron chi connectivity index (χ3n) is 1.29. The third-order valence-corrected chi connectivity index (χ3v) is 3.03. The zero-order valence-corrected chi connectivity index (χ0v) is 8.76. The van der Waals surface area contributed by atoms with E-state index < -0.39 is 10.0 Å². The molecule has 5 nitrogen and oxygen atoms in total. The summed E-state index contributed by atoms with van der Waals surface area (Å²) in [6, 6.07) is 0. The highest BCUT2D eigenvalue weighted by Gasteiger charge is 2.11. The predicted octanol–water partition coefficient (Wildman–Crippen LogP) is -0.0289. The number of sulfonamides is 1. The first kappa shape index (κ1) is 9.69. The van der Waals surface area contributed by atoms with Gasteiger partial charge in [0, 0.05) is 12.6 Å². The average Bonchev–Trinajstić information content (AvgIpc) is 2.16. The molecule has 0 atom stereocenters. The normalized spacial score (nSPS) is 11.9. The quantitative estimate of drug-likeness (QED) is 0.805. The van der Waals surface area contributed by atoms with E-state index in [0.29, 0.717) is 10.2 Å². The van der Waals surface area contributed by atoms with Crippen molar-refractivity contribution in [3.05, 3.63) is 16.4 Å². The number of rotatable bonds is 2. The van der Waals surface area contributed by atoms with Crippen LogP contribution in [0.15, 0.2) is 10.8 Å². The summed E-state index contributed by atoms with van der Waals surface area (Å²) in [7, 11) is -1.76. The highest BCUT2D eigenvalue weighted by Crippen LogP contribution is 2.16. The van der Waals surface area contributed by atoms with Gasteiger partial charge in [0.15, 0.2) is 0 Å². The standard InChI is InChI=1S/C5H8BrN3O2S/c1-9-5(6)4(2-8-9)3-12(7,10)11/h2H,3H2,1H3,(H2,7,10,11). The Balaban J connectivity index is 2.99. The molecule has 0 aliphatic heterocycles. The number of nitrogens with zero attached hydrogens (tertiary/aromatic N) is 2. The maximum Gasteiger partial charge on any atom is 0.213 e. The fourth-order valence-corrected chi connectivity index (χ4v) is 1.95. The Morgan fingerprint density at radius 1 is 1.75 bits per heavy atom. The average molecular weight is 254 g/mol. The monoisotopic (exact) mass is 253 g/mol. The van der Waals surface area contributed by atoms with Crippen LogP contribution in [0.2, 0.25) is 0 Å². The van der Waals surface area contributed by atoms with Crippen molar-refractivity contribution >= 4 is 26.0 Å².